The van der Waals surface area contributed by atoms with Gasteiger partial charge in [-0.15, -0.1) is 0 Å². The molecule has 0 unspecified atom stereocenters. The fourth-order valence-corrected chi connectivity index (χ4v) is 2.47. The van der Waals surface area contributed by atoms with E-state index in [9.17, 15) is 14.0 Å². The van der Waals surface area contributed by atoms with Crippen molar-refractivity contribution in [3.05, 3.63) is 35.6 Å². The standard InChI is InChI=1S/C16H21FN2O3/c1-2-22-15(20)13-7-9-19(10-8-13)16(21)18-11-12-3-5-14(17)6-4-12/h3-6,13H,2,7-11H2,1H3,(H,18,21). The second kappa shape index (κ2) is 7.77. The van der Waals surface area contributed by atoms with E-state index in [-0.39, 0.29) is 23.7 Å². The third kappa shape index (κ3) is 4.44. The van der Waals surface area contributed by atoms with E-state index < -0.39 is 0 Å². The molecule has 0 atom stereocenters. The van der Waals surface area contributed by atoms with Crippen LogP contribution in [0.3, 0.4) is 0 Å². The van der Waals surface area contributed by atoms with Gasteiger partial charge in [-0.25, -0.2) is 9.18 Å². The molecule has 1 aliphatic heterocycles. The Morgan fingerprint density at radius 3 is 2.50 bits per heavy atom. The summed E-state index contributed by atoms with van der Waals surface area (Å²) in [6.07, 6.45) is 1.26. The molecule has 2 rings (SSSR count). The van der Waals surface area contributed by atoms with E-state index in [0.717, 1.165) is 5.56 Å². The van der Waals surface area contributed by atoms with Gasteiger partial charge in [0.15, 0.2) is 0 Å². The minimum absolute atomic E-state index is 0.110. The van der Waals surface area contributed by atoms with Crippen molar-refractivity contribution in [2.24, 2.45) is 5.92 Å². The van der Waals surface area contributed by atoms with Crippen molar-refractivity contribution in [1.29, 1.82) is 0 Å². The summed E-state index contributed by atoms with van der Waals surface area (Å²) in [4.78, 5) is 25.4. The van der Waals surface area contributed by atoms with Crippen LogP contribution in [0.5, 0.6) is 0 Å². The first-order chi connectivity index (χ1) is 10.6. The lowest BCUT2D eigenvalue weighted by Crippen LogP contribution is -2.45. The van der Waals surface area contributed by atoms with Crippen molar-refractivity contribution < 1.29 is 18.7 Å². The van der Waals surface area contributed by atoms with E-state index in [4.69, 9.17) is 4.74 Å². The first-order valence-corrected chi connectivity index (χ1v) is 7.54. The summed E-state index contributed by atoms with van der Waals surface area (Å²) < 4.78 is 17.8. The summed E-state index contributed by atoms with van der Waals surface area (Å²) in [5, 5.41) is 2.81. The lowest BCUT2D eigenvalue weighted by Gasteiger charge is -2.30. The lowest BCUT2D eigenvalue weighted by molar-refractivity contribution is -0.149. The zero-order valence-corrected chi connectivity index (χ0v) is 12.7. The molecule has 22 heavy (non-hydrogen) atoms. The van der Waals surface area contributed by atoms with Crippen molar-refractivity contribution >= 4 is 12.0 Å². The molecule has 1 aromatic rings. The van der Waals surface area contributed by atoms with Gasteiger partial charge in [0, 0.05) is 19.6 Å². The van der Waals surface area contributed by atoms with Gasteiger partial charge in [0.1, 0.15) is 5.82 Å². The Balaban J connectivity index is 1.75. The summed E-state index contributed by atoms with van der Waals surface area (Å²) in [6.45, 7) is 3.61. The number of nitrogens with one attached hydrogen (secondary N) is 1. The normalized spacial score (nSPS) is 15.5. The number of likely N-dealkylation sites (tertiary alicyclic amines) is 1. The molecule has 0 aromatic heterocycles. The van der Waals surface area contributed by atoms with Crippen molar-refractivity contribution in [2.45, 2.75) is 26.3 Å². The molecule has 0 radical (unpaired) electrons. The van der Waals surface area contributed by atoms with Crippen LogP contribution in [-0.2, 0) is 16.1 Å². The predicted molar refractivity (Wildman–Crippen MR) is 79.6 cm³/mol. The molecule has 1 aromatic carbocycles. The molecule has 1 N–H and O–H groups in total. The molecule has 1 fully saturated rings. The molecular weight excluding hydrogens is 287 g/mol. The van der Waals surface area contributed by atoms with Gasteiger partial charge >= 0.3 is 12.0 Å². The highest BCUT2D eigenvalue weighted by Gasteiger charge is 2.27. The summed E-state index contributed by atoms with van der Waals surface area (Å²) in [7, 11) is 0. The molecule has 1 aliphatic rings. The van der Waals surface area contributed by atoms with Gasteiger partial charge in [-0.05, 0) is 37.5 Å². The minimum Gasteiger partial charge on any atom is -0.466 e. The molecule has 1 saturated heterocycles. The van der Waals surface area contributed by atoms with Gasteiger partial charge in [-0.2, -0.15) is 0 Å². The second-order valence-electron chi connectivity index (χ2n) is 5.30. The monoisotopic (exact) mass is 308 g/mol. The number of urea groups is 1. The van der Waals surface area contributed by atoms with Gasteiger partial charge < -0.3 is 15.0 Å². The Hall–Kier alpha value is -2.11. The maximum absolute atomic E-state index is 12.8. The Labute approximate surface area is 129 Å². The first kappa shape index (κ1) is 16.3. The minimum atomic E-state index is -0.295. The van der Waals surface area contributed by atoms with Crippen LogP contribution in [0.2, 0.25) is 0 Å². The number of benzene rings is 1. The van der Waals surface area contributed by atoms with Crippen LogP contribution < -0.4 is 5.32 Å². The molecule has 0 saturated carbocycles. The zero-order valence-electron chi connectivity index (χ0n) is 12.7. The fourth-order valence-electron chi connectivity index (χ4n) is 2.47. The molecule has 0 spiro atoms. The molecule has 5 nitrogen and oxygen atoms in total. The fraction of sp³-hybridized carbons (Fsp3) is 0.500. The summed E-state index contributed by atoms with van der Waals surface area (Å²) in [6, 6.07) is 5.86. The van der Waals surface area contributed by atoms with Gasteiger partial charge in [-0.1, -0.05) is 12.1 Å². The molecule has 1 heterocycles. The number of piperidine rings is 1. The topological polar surface area (TPSA) is 58.6 Å². The number of rotatable bonds is 4. The number of nitrogens with zero attached hydrogens (tertiary/aromatic N) is 1. The largest absolute Gasteiger partial charge is 0.466 e. The van der Waals surface area contributed by atoms with Crippen molar-refractivity contribution in [2.75, 3.05) is 19.7 Å². The van der Waals surface area contributed by atoms with Crippen LogP contribution in [-0.4, -0.2) is 36.6 Å². The number of amides is 2. The number of halogens is 1. The van der Waals surface area contributed by atoms with Crippen LogP contribution in [0, 0.1) is 11.7 Å². The number of hydrogen-bond acceptors (Lipinski definition) is 3. The number of esters is 1. The molecule has 120 valence electrons. The molecular formula is C16H21FN2O3. The Bertz CT molecular complexity index is 511. The van der Waals surface area contributed by atoms with Crippen LogP contribution in [0.15, 0.2) is 24.3 Å². The van der Waals surface area contributed by atoms with Crippen molar-refractivity contribution in [1.82, 2.24) is 10.2 Å². The number of hydrogen-bond donors (Lipinski definition) is 1. The van der Waals surface area contributed by atoms with E-state index in [2.05, 4.69) is 5.32 Å². The van der Waals surface area contributed by atoms with E-state index in [0.29, 0.717) is 39.1 Å². The summed E-state index contributed by atoms with van der Waals surface area (Å²) in [5.74, 6) is -0.578. The zero-order chi connectivity index (χ0) is 15.9. The summed E-state index contributed by atoms with van der Waals surface area (Å²) in [5.41, 5.74) is 0.844. The SMILES string of the molecule is CCOC(=O)C1CCN(C(=O)NCc2ccc(F)cc2)CC1. The van der Waals surface area contributed by atoms with Crippen molar-refractivity contribution in [3.63, 3.8) is 0 Å². The molecule has 6 heteroatoms. The Morgan fingerprint density at radius 2 is 1.91 bits per heavy atom. The summed E-state index contributed by atoms with van der Waals surface area (Å²) >= 11 is 0. The highest BCUT2D eigenvalue weighted by molar-refractivity contribution is 5.76. The molecule has 2 amide bonds. The Morgan fingerprint density at radius 1 is 1.27 bits per heavy atom. The van der Waals surface area contributed by atoms with E-state index in [1.165, 1.54) is 12.1 Å². The van der Waals surface area contributed by atoms with Crippen LogP contribution in [0.25, 0.3) is 0 Å². The van der Waals surface area contributed by atoms with Gasteiger partial charge in [0.05, 0.1) is 12.5 Å². The third-order valence-corrected chi connectivity index (χ3v) is 3.76. The number of carbonyl (C=O) groups is 2. The maximum atomic E-state index is 12.8. The molecule has 0 bridgehead atoms. The van der Waals surface area contributed by atoms with E-state index in [1.807, 2.05) is 0 Å². The van der Waals surface area contributed by atoms with Crippen LogP contribution in [0.1, 0.15) is 25.3 Å². The number of carbonyl (C=O) groups excluding carboxylic acids is 2. The average Bonchev–Trinajstić information content (AvgIpc) is 2.54. The quantitative estimate of drug-likeness (QED) is 0.868. The molecule has 0 aliphatic carbocycles. The van der Waals surface area contributed by atoms with Crippen LogP contribution in [0.4, 0.5) is 9.18 Å². The van der Waals surface area contributed by atoms with Gasteiger partial charge in [0.2, 0.25) is 0 Å². The lowest BCUT2D eigenvalue weighted by atomic mass is 9.97. The van der Waals surface area contributed by atoms with Crippen molar-refractivity contribution in [3.8, 4) is 0 Å². The number of ether oxygens (including phenoxy) is 1. The Kier molecular flexibility index (Phi) is 5.75. The highest BCUT2D eigenvalue weighted by Crippen LogP contribution is 2.18. The smallest absolute Gasteiger partial charge is 0.317 e. The van der Waals surface area contributed by atoms with Gasteiger partial charge in [-0.3, -0.25) is 4.79 Å². The third-order valence-electron chi connectivity index (χ3n) is 3.76. The average molecular weight is 308 g/mol. The highest BCUT2D eigenvalue weighted by atomic mass is 19.1. The second-order valence-corrected chi connectivity index (χ2v) is 5.30. The predicted octanol–water partition coefficient (Wildman–Crippen LogP) is 2.31. The van der Waals surface area contributed by atoms with E-state index in [1.54, 1.807) is 24.0 Å². The first-order valence-electron chi connectivity index (χ1n) is 7.54. The van der Waals surface area contributed by atoms with Gasteiger partial charge in [0.25, 0.3) is 0 Å². The van der Waals surface area contributed by atoms with E-state index >= 15 is 0 Å². The maximum Gasteiger partial charge on any atom is 0.317 e. The van der Waals surface area contributed by atoms with Crippen LogP contribution >= 0.6 is 0 Å².